The molecule has 0 amide bonds. The molecule has 1 heterocycles. The number of sulfonamides is 1. The van der Waals surface area contributed by atoms with Crippen LogP contribution in [0.25, 0.3) is 0 Å². The molecule has 0 fully saturated rings. The lowest BCUT2D eigenvalue weighted by Gasteiger charge is -2.18. The van der Waals surface area contributed by atoms with E-state index < -0.39 is 10.0 Å². The Balaban J connectivity index is 2.99. The molecule has 1 aromatic rings. The highest BCUT2D eigenvalue weighted by atomic mass is 35.5. The molecular weight excluding hydrogens is 301 g/mol. The van der Waals surface area contributed by atoms with Gasteiger partial charge < -0.3 is 0 Å². The van der Waals surface area contributed by atoms with E-state index in [9.17, 15) is 8.42 Å². The molecule has 0 aliphatic heterocycles. The van der Waals surface area contributed by atoms with Crippen LogP contribution in [-0.4, -0.2) is 31.7 Å². The van der Waals surface area contributed by atoms with Crippen molar-refractivity contribution in [2.45, 2.75) is 24.5 Å². The maximum atomic E-state index is 12.3. The smallest absolute Gasteiger partial charge is 0.206 e. The Morgan fingerprint density at radius 3 is 2.53 bits per heavy atom. The summed E-state index contributed by atoms with van der Waals surface area (Å²) in [6.07, 6.45) is 0.646. The SMILES string of the molecule is CCN(CCCCl)S(=O)(=O)c1cc(C)c(Cl)s1. The molecule has 0 saturated carbocycles. The minimum Gasteiger partial charge on any atom is -0.206 e. The third-order valence-corrected chi connectivity index (χ3v) is 6.57. The average molecular weight is 316 g/mol. The van der Waals surface area contributed by atoms with E-state index in [0.717, 1.165) is 16.9 Å². The standard InChI is InChI=1S/C10H15Cl2NO2S2/c1-3-13(6-4-5-11)17(14,15)9-7-8(2)10(12)16-9/h7H,3-6H2,1-2H3. The molecule has 0 bridgehead atoms. The molecule has 0 aliphatic carbocycles. The number of halogens is 2. The van der Waals surface area contributed by atoms with Crippen LogP contribution >= 0.6 is 34.5 Å². The molecule has 0 atom stereocenters. The van der Waals surface area contributed by atoms with Crippen molar-refractivity contribution in [1.29, 1.82) is 0 Å². The summed E-state index contributed by atoms with van der Waals surface area (Å²) < 4.78 is 26.8. The number of thiophene rings is 1. The Labute approximate surface area is 116 Å². The summed E-state index contributed by atoms with van der Waals surface area (Å²) in [7, 11) is -3.42. The van der Waals surface area contributed by atoms with E-state index in [2.05, 4.69) is 0 Å². The van der Waals surface area contributed by atoms with Gasteiger partial charge >= 0.3 is 0 Å². The van der Waals surface area contributed by atoms with Gasteiger partial charge in [-0.05, 0) is 25.0 Å². The van der Waals surface area contributed by atoms with Crippen LogP contribution in [-0.2, 0) is 10.0 Å². The molecule has 0 aromatic carbocycles. The minimum atomic E-state index is -3.42. The Morgan fingerprint density at radius 1 is 1.47 bits per heavy atom. The Bertz CT molecular complexity index is 451. The number of rotatable bonds is 6. The van der Waals surface area contributed by atoms with Crippen LogP contribution in [0.4, 0.5) is 0 Å². The van der Waals surface area contributed by atoms with Crippen molar-refractivity contribution in [3.05, 3.63) is 16.0 Å². The first-order valence-corrected chi connectivity index (χ1v) is 8.42. The van der Waals surface area contributed by atoms with E-state index in [1.54, 1.807) is 13.0 Å². The van der Waals surface area contributed by atoms with Gasteiger partial charge in [0.05, 0.1) is 4.34 Å². The summed E-state index contributed by atoms with van der Waals surface area (Å²) in [5, 5.41) is 0. The van der Waals surface area contributed by atoms with Crippen LogP contribution in [0.15, 0.2) is 10.3 Å². The first-order chi connectivity index (χ1) is 7.93. The van der Waals surface area contributed by atoms with E-state index in [0.29, 0.717) is 33.9 Å². The van der Waals surface area contributed by atoms with Gasteiger partial charge in [-0.25, -0.2) is 8.42 Å². The monoisotopic (exact) mass is 315 g/mol. The van der Waals surface area contributed by atoms with Crippen molar-refractivity contribution in [2.24, 2.45) is 0 Å². The average Bonchev–Trinajstić information content (AvgIpc) is 2.61. The van der Waals surface area contributed by atoms with Gasteiger partial charge in [-0.3, -0.25) is 0 Å². The molecule has 0 N–H and O–H groups in total. The van der Waals surface area contributed by atoms with E-state index in [1.807, 2.05) is 6.92 Å². The zero-order valence-corrected chi connectivity index (χ0v) is 12.9. The second-order valence-corrected chi connectivity index (χ2v) is 7.76. The number of aryl methyl sites for hydroxylation is 1. The lowest BCUT2D eigenvalue weighted by atomic mass is 10.4. The van der Waals surface area contributed by atoms with Crippen molar-refractivity contribution < 1.29 is 8.42 Å². The first kappa shape index (κ1) is 15.2. The van der Waals surface area contributed by atoms with Gasteiger partial charge in [-0.15, -0.1) is 22.9 Å². The molecule has 0 aliphatic rings. The summed E-state index contributed by atoms with van der Waals surface area (Å²) in [4.78, 5) is 0. The summed E-state index contributed by atoms with van der Waals surface area (Å²) in [6.45, 7) is 4.49. The lowest BCUT2D eigenvalue weighted by Crippen LogP contribution is -2.31. The van der Waals surface area contributed by atoms with Gasteiger partial charge in [0.15, 0.2) is 0 Å². The topological polar surface area (TPSA) is 37.4 Å². The predicted molar refractivity (Wildman–Crippen MR) is 73.8 cm³/mol. The quantitative estimate of drug-likeness (QED) is 0.755. The zero-order valence-electron chi connectivity index (χ0n) is 9.74. The van der Waals surface area contributed by atoms with Gasteiger partial charge in [0.1, 0.15) is 4.21 Å². The first-order valence-electron chi connectivity index (χ1n) is 5.25. The normalized spacial score (nSPS) is 12.3. The molecule has 1 rings (SSSR count). The van der Waals surface area contributed by atoms with Crippen molar-refractivity contribution in [2.75, 3.05) is 19.0 Å². The number of hydrogen-bond acceptors (Lipinski definition) is 3. The Morgan fingerprint density at radius 2 is 2.12 bits per heavy atom. The van der Waals surface area contributed by atoms with Crippen molar-refractivity contribution >= 4 is 44.6 Å². The second-order valence-electron chi connectivity index (χ2n) is 3.56. The highest BCUT2D eigenvalue weighted by Crippen LogP contribution is 2.31. The fourth-order valence-corrected chi connectivity index (χ4v) is 4.84. The number of hydrogen-bond donors (Lipinski definition) is 0. The molecule has 0 saturated heterocycles. The fourth-order valence-electron chi connectivity index (χ4n) is 1.37. The summed E-state index contributed by atoms with van der Waals surface area (Å²) >= 11 is 12.6. The van der Waals surface area contributed by atoms with Gasteiger partial charge in [0.25, 0.3) is 10.0 Å². The maximum absolute atomic E-state index is 12.3. The number of nitrogens with zero attached hydrogens (tertiary/aromatic N) is 1. The van der Waals surface area contributed by atoms with Crippen LogP contribution in [0.5, 0.6) is 0 Å². The van der Waals surface area contributed by atoms with E-state index in [-0.39, 0.29) is 0 Å². The van der Waals surface area contributed by atoms with Crippen LogP contribution in [0.3, 0.4) is 0 Å². The zero-order chi connectivity index (χ0) is 13.1. The molecule has 7 heteroatoms. The molecule has 98 valence electrons. The van der Waals surface area contributed by atoms with Gasteiger partial charge in [-0.1, -0.05) is 18.5 Å². The lowest BCUT2D eigenvalue weighted by molar-refractivity contribution is 0.429. The molecule has 1 aromatic heterocycles. The van der Waals surface area contributed by atoms with Crippen molar-refractivity contribution in [3.63, 3.8) is 0 Å². The predicted octanol–water partition coefficient (Wildman–Crippen LogP) is 3.35. The van der Waals surface area contributed by atoms with E-state index in [1.165, 1.54) is 4.31 Å². The fraction of sp³-hybridized carbons (Fsp3) is 0.600. The highest BCUT2D eigenvalue weighted by molar-refractivity contribution is 7.91. The van der Waals surface area contributed by atoms with Gasteiger partial charge in [-0.2, -0.15) is 4.31 Å². The van der Waals surface area contributed by atoms with Crippen molar-refractivity contribution in [3.8, 4) is 0 Å². The molecule has 0 radical (unpaired) electrons. The van der Waals surface area contributed by atoms with Crippen molar-refractivity contribution in [1.82, 2.24) is 4.31 Å². The van der Waals surface area contributed by atoms with Gasteiger partial charge in [0.2, 0.25) is 0 Å². The molecular formula is C10H15Cl2NO2S2. The number of alkyl halides is 1. The third kappa shape index (κ3) is 3.58. The van der Waals surface area contributed by atoms with Gasteiger partial charge in [0, 0.05) is 19.0 Å². The van der Waals surface area contributed by atoms with E-state index >= 15 is 0 Å². The Kier molecular flexibility index (Phi) is 5.73. The summed E-state index contributed by atoms with van der Waals surface area (Å²) in [5.74, 6) is 0.455. The summed E-state index contributed by atoms with van der Waals surface area (Å²) in [6, 6.07) is 1.62. The van der Waals surface area contributed by atoms with Crippen LogP contribution in [0, 0.1) is 6.92 Å². The minimum absolute atomic E-state index is 0.302. The van der Waals surface area contributed by atoms with Crippen LogP contribution in [0.1, 0.15) is 18.9 Å². The molecule has 0 spiro atoms. The Hall–Kier alpha value is 0.190. The third-order valence-electron chi connectivity index (χ3n) is 2.32. The maximum Gasteiger partial charge on any atom is 0.252 e. The highest BCUT2D eigenvalue weighted by Gasteiger charge is 2.25. The largest absolute Gasteiger partial charge is 0.252 e. The van der Waals surface area contributed by atoms with Crippen LogP contribution < -0.4 is 0 Å². The molecule has 17 heavy (non-hydrogen) atoms. The summed E-state index contributed by atoms with van der Waals surface area (Å²) in [5.41, 5.74) is 0.795. The molecule has 3 nitrogen and oxygen atoms in total. The van der Waals surface area contributed by atoms with Crippen LogP contribution in [0.2, 0.25) is 4.34 Å². The van der Waals surface area contributed by atoms with E-state index in [4.69, 9.17) is 23.2 Å². The second kappa shape index (κ2) is 6.38. The molecule has 0 unspecified atom stereocenters.